The van der Waals surface area contributed by atoms with Crippen LogP contribution < -0.4 is 5.32 Å². The molecule has 1 radical (unpaired) electrons. The van der Waals surface area contributed by atoms with Crippen LogP contribution in [0.25, 0.3) is 0 Å². The highest BCUT2D eigenvalue weighted by Gasteiger charge is 2.08. The van der Waals surface area contributed by atoms with Gasteiger partial charge in [-0.25, -0.2) is 0 Å². The van der Waals surface area contributed by atoms with E-state index in [1.165, 1.54) is 12.8 Å². The van der Waals surface area contributed by atoms with Gasteiger partial charge in [-0.2, -0.15) is 0 Å². The van der Waals surface area contributed by atoms with Gasteiger partial charge in [-0.1, -0.05) is 40.0 Å². The molecule has 1 atom stereocenters. The van der Waals surface area contributed by atoms with Crippen molar-refractivity contribution >= 4 is 5.91 Å². The summed E-state index contributed by atoms with van der Waals surface area (Å²) in [5.74, 6) is 0.106. The van der Waals surface area contributed by atoms with Gasteiger partial charge in [-0.05, 0) is 19.3 Å². The molecule has 0 aliphatic heterocycles. The molecule has 0 aromatic rings. The molecule has 1 amide bonds. The third-order valence-electron chi connectivity index (χ3n) is 2.36. The lowest BCUT2D eigenvalue weighted by atomic mass is 10.1. The summed E-state index contributed by atoms with van der Waals surface area (Å²) in [6, 6.07) is 0.371. The Morgan fingerprint density at radius 1 is 1.29 bits per heavy atom. The summed E-state index contributed by atoms with van der Waals surface area (Å²) in [5.41, 5.74) is 0. The van der Waals surface area contributed by atoms with Crippen LogP contribution in [0, 0.1) is 6.42 Å². The lowest BCUT2D eigenvalue weighted by molar-refractivity contribution is -0.118. The van der Waals surface area contributed by atoms with Gasteiger partial charge in [0.2, 0.25) is 5.91 Å². The molecule has 0 spiro atoms. The Hall–Kier alpha value is -0.530. The van der Waals surface area contributed by atoms with Crippen molar-refractivity contribution in [3.63, 3.8) is 0 Å². The zero-order chi connectivity index (χ0) is 10.8. The molecule has 0 heterocycles. The van der Waals surface area contributed by atoms with E-state index in [0.717, 1.165) is 25.7 Å². The first kappa shape index (κ1) is 13.5. The molecule has 0 aromatic heterocycles. The Morgan fingerprint density at radius 3 is 2.50 bits per heavy atom. The quantitative estimate of drug-likeness (QED) is 0.638. The van der Waals surface area contributed by atoms with Gasteiger partial charge in [-0.15, -0.1) is 0 Å². The fourth-order valence-corrected chi connectivity index (χ4v) is 1.36. The van der Waals surface area contributed by atoms with Crippen molar-refractivity contribution in [2.75, 3.05) is 0 Å². The van der Waals surface area contributed by atoms with Crippen LogP contribution >= 0.6 is 0 Å². The molecule has 1 N–H and O–H groups in total. The van der Waals surface area contributed by atoms with Crippen LogP contribution in [-0.2, 0) is 4.79 Å². The van der Waals surface area contributed by atoms with Gasteiger partial charge in [0.05, 0.1) is 0 Å². The van der Waals surface area contributed by atoms with Gasteiger partial charge in [0.15, 0.2) is 0 Å². The maximum absolute atomic E-state index is 11.4. The van der Waals surface area contributed by atoms with Crippen molar-refractivity contribution in [1.29, 1.82) is 0 Å². The van der Waals surface area contributed by atoms with Gasteiger partial charge in [0, 0.05) is 12.5 Å². The average molecular weight is 198 g/mol. The molecule has 0 aliphatic carbocycles. The summed E-state index contributed by atoms with van der Waals surface area (Å²) >= 11 is 0. The molecule has 2 nitrogen and oxygen atoms in total. The highest BCUT2D eigenvalue weighted by atomic mass is 16.1. The summed E-state index contributed by atoms with van der Waals surface area (Å²) in [4.78, 5) is 11.4. The van der Waals surface area contributed by atoms with E-state index in [4.69, 9.17) is 0 Å². The Morgan fingerprint density at radius 2 is 2.00 bits per heavy atom. The van der Waals surface area contributed by atoms with Gasteiger partial charge >= 0.3 is 0 Å². The number of unbranched alkanes of at least 4 members (excludes halogenated alkanes) is 2. The first-order valence-corrected chi connectivity index (χ1v) is 5.88. The number of carbonyl (C=O) groups excluding carboxylic acids is 1. The molecular formula is C12H24NO. The summed E-state index contributed by atoms with van der Waals surface area (Å²) in [6.45, 7) is 6.39. The van der Waals surface area contributed by atoms with Crippen LogP contribution in [0.2, 0.25) is 0 Å². The molecule has 0 fully saturated rings. The summed E-state index contributed by atoms with van der Waals surface area (Å²) in [7, 11) is 0. The molecule has 0 saturated heterocycles. The number of carbonyl (C=O) groups is 1. The Kier molecular flexibility index (Phi) is 8.70. The standard InChI is InChI=1S/C12H24NO/c1-4-7-9-11(6-3)13-12(14)10-8-5-2/h10-11H,4-9H2,1-3H3,(H,13,14). The molecule has 0 aliphatic rings. The summed E-state index contributed by atoms with van der Waals surface area (Å²) in [5, 5.41) is 3.04. The second-order valence-electron chi connectivity index (χ2n) is 3.75. The van der Waals surface area contributed by atoms with Gasteiger partial charge in [-0.3, -0.25) is 4.79 Å². The fraction of sp³-hybridized carbons (Fsp3) is 0.833. The van der Waals surface area contributed by atoms with Gasteiger partial charge in [0.25, 0.3) is 0 Å². The van der Waals surface area contributed by atoms with Crippen LogP contribution in [0.1, 0.15) is 59.3 Å². The van der Waals surface area contributed by atoms with E-state index in [0.29, 0.717) is 6.04 Å². The molecule has 0 saturated carbocycles. The minimum absolute atomic E-state index is 0.106. The van der Waals surface area contributed by atoms with E-state index in [1.807, 2.05) is 0 Å². The molecule has 0 bridgehead atoms. The van der Waals surface area contributed by atoms with Crippen LogP contribution in [0.5, 0.6) is 0 Å². The highest BCUT2D eigenvalue weighted by Crippen LogP contribution is 2.04. The van der Waals surface area contributed by atoms with E-state index in [-0.39, 0.29) is 5.91 Å². The van der Waals surface area contributed by atoms with Crippen LogP contribution in [0.3, 0.4) is 0 Å². The molecule has 0 rings (SSSR count). The third kappa shape index (κ3) is 6.93. The topological polar surface area (TPSA) is 29.1 Å². The molecule has 1 unspecified atom stereocenters. The van der Waals surface area contributed by atoms with Crippen molar-refractivity contribution < 1.29 is 4.79 Å². The van der Waals surface area contributed by atoms with E-state index < -0.39 is 0 Å². The van der Waals surface area contributed by atoms with E-state index >= 15 is 0 Å². The average Bonchev–Trinajstić information content (AvgIpc) is 2.21. The Bertz CT molecular complexity index is 145. The predicted octanol–water partition coefficient (Wildman–Crippen LogP) is 3.08. The van der Waals surface area contributed by atoms with Crippen molar-refractivity contribution in [3.05, 3.63) is 6.42 Å². The lowest BCUT2D eigenvalue weighted by Gasteiger charge is -2.16. The predicted molar refractivity (Wildman–Crippen MR) is 61.0 cm³/mol. The number of nitrogens with one attached hydrogen (secondary N) is 1. The van der Waals surface area contributed by atoms with Crippen molar-refractivity contribution in [2.45, 2.75) is 65.3 Å². The second kappa shape index (κ2) is 9.04. The van der Waals surface area contributed by atoms with E-state index in [9.17, 15) is 4.79 Å². The third-order valence-corrected chi connectivity index (χ3v) is 2.36. The minimum atomic E-state index is 0.106. The smallest absolute Gasteiger partial charge is 0.224 e. The first-order valence-electron chi connectivity index (χ1n) is 5.88. The van der Waals surface area contributed by atoms with Gasteiger partial charge < -0.3 is 5.32 Å². The molecule has 2 heteroatoms. The van der Waals surface area contributed by atoms with Crippen molar-refractivity contribution in [3.8, 4) is 0 Å². The molecule has 83 valence electrons. The maximum atomic E-state index is 11.4. The molecule has 0 aromatic carbocycles. The van der Waals surface area contributed by atoms with Crippen molar-refractivity contribution in [1.82, 2.24) is 5.32 Å². The van der Waals surface area contributed by atoms with Crippen molar-refractivity contribution in [2.24, 2.45) is 0 Å². The SMILES string of the molecule is CCC[CH]C(=O)NC(CC)CCCC. The largest absolute Gasteiger partial charge is 0.353 e. The summed E-state index contributed by atoms with van der Waals surface area (Å²) in [6.07, 6.45) is 8.23. The van der Waals surface area contributed by atoms with Gasteiger partial charge in [0.1, 0.15) is 0 Å². The maximum Gasteiger partial charge on any atom is 0.224 e. The molecule has 14 heavy (non-hydrogen) atoms. The zero-order valence-corrected chi connectivity index (χ0v) is 9.81. The molecular weight excluding hydrogens is 174 g/mol. The number of amides is 1. The lowest BCUT2D eigenvalue weighted by Crippen LogP contribution is -2.34. The first-order chi connectivity index (χ1) is 6.74. The monoisotopic (exact) mass is 198 g/mol. The Balaban J connectivity index is 3.62. The summed E-state index contributed by atoms with van der Waals surface area (Å²) < 4.78 is 0. The normalized spacial score (nSPS) is 12.5. The number of hydrogen-bond acceptors (Lipinski definition) is 1. The van der Waals surface area contributed by atoms with Crippen LogP contribution in [0.4, 0.5) is 0 Å². The van der Waals surface area contributed by atoms with Crippen LogP contribution in [-0.4, -0.2) is 11.9 Å². The number of rotatable bonds is 8. The zero-order valence-electron chi connectivity index (χ0n) is 9.81. The van der Waals surface area contributed by atoms with E-state index in [1.54, 1.807) is 6.42 Å². The highest BCUT2D eigenvalue weighted by molar-refractivity contribution is 5.84. The minimum Gasteiger partial charge on any atom is -0.353 e. The fourth-order valence-electron chi connectivity index (χ4n) is 1.36. The van der Waals surface area contributed by atoms with E-state index in [2.05, 4.69) is 26.1 Å². The second-order valence-corrected chi connectivity index (χ2v) is 3.75. The number of hydrogen-bond donors (Lipinski definition) is 1. The van der Waals surface area contributed by atoms with Crippen LogP contribution in [0.15, 0.2) is 0 Å². The Labute approximate surface area is 88.5 Å².